The van der Waals surface area contributed by atoms with Crippen molar-refractivity contribution in [3.63, 3.8) is 0 Å². The van der Waals surface area contributed by atoms with Crippen molar-refractivity contribution in [1.82, 2.24) is 0 Å². The number of carbonyl (C=O) groups is 2. The van der Waals surface area contributed by atoms with Gasteiger partial charge in [0.05, 0.1) is 5.56 Å². The molecule has 1 amide bonds. The van der Waals surface area contributed by atoms with Gasteiger partial charge in [0.25, 0.3) is 5.91 Å². The summed E-state index contributed by atoms with van der Waals surface area (Å²) in [6.07, 6.45) is 4.43. The highest BCUT2D eigenvalue weighted by Crippen LogP contribution is 2.09. The SMILES string of the molecule is CCc1ccc(NC(=O)C[n+]2cccc(C(C)=O)c2)cc1. The first-order valence-electron chi connectivity index (χ1n) is 6.97. The molecule has 0 fully saturated rings. The maximum absolute atomic E-state index is 12.0. The number of amides is 1. The van der Waals surface area contributed by atoms with Gasteiger partial charge in [0.2, 0.25) is 6.54 Å². The molecule has 1 N–H and O–H groups in total. The van der Waals surface area contributed by atoms with Crippen LogP contribution in [0.25, 0.3) is 0 Å². The van der Waals surface area contributed by atoms with Gasteiger partial charge in [-0.15, -0.1) is 0 Å². The molecule has 0 aliphatic heterocycles. The summed E-state index contributed by atoms with van der Waals surface area (Å²) in [5, 5.41) is 2.85. The number of rotatable bonds is 5. The summed E-state index contributed by atoms with van der Waals surface area (Å²) < 4.78 is 1.70. The topological polar surface area (TPSA) is 50.1 Å². The standard InChI is InChI=1S/C17H18N2O2/c1-3-14-6-8-16(9-7-14)18-17(21)12-19-10-4-5-15(11-19)13(2)20/h4-11H,3,12H2,1-2H3/p+1. The molecular formula is C17H19N2O2+. The van der Waals surface area contributed by atoms with E-state index in [0.29, 0.717) is 5.56 Å². The lowest BCUT2D eigenvalue weighted by Gasteiger charge is -2.04. The quantitative estimate of drug-likeness (QED) is 0.676. The van der Waals surface area contributed by atoms with Crippen molar-refractivity contribution < 1.29 is 14.2 Å². The van der Waals surface area contributed by atoms with Crippen LogP contribution in [0.5, 0.6) is 0 Å². The number of Topliss-reactive ketones (excluding diaryl/α,β-unsaturated/α-hetero) is 1. The highest BCUT2D eigenvalue weighted by Gasteiger charge is 2.11. The summed E-state index contributed by atoms with van der Waals surface area (Å²) in [7, 11) is 0. The molecule has 0 atom stereocenters. The molecule has 0 spiro atoms. The van der Waals surface area contributed by atoms with Crippen LogP contribution in [0.1, 0.15) is 29.8 Å². The minimum Gasteiger partial charge on any atom is -0.321 e. The van der Waals surface area contributed by atoms with Crippen LogP contribution in [-0.4, -0.2) is 11.7 Å². The largest absolute Gasteiger partial charge is 0.321 e. The minimum atomic E-state index is -0.120. The molecule has 0 unspecified atom stereocenters. The minimum absolute atomic E-state index is 0.0140. The Bertz CT molecular complexity index is 648. The second-order valence-electron chi connectivity index (χ2n) is 4.92. The highest BCUT2D eigenvalue weighted by atomic mass is 16.2. The number of aromatic nitrogens is 1. The molecule has 108 valence electrons. The van der Waals surface area contributed by atoms with Crippen LogP contribution in [0.3, 0.4) is 0 Å². The molecule has 21 heavy (non-hydrogen) atoms. The molecule has 0 radical (unpaired) electrons. The highest BCUT2D eigenvalue weighted by molar-refractivity contribution is 5.93. The van der Waals surface area contributed by atoms with Crippen molar-refractivity contribution >= 4 is 17.4 Å². The molecule has 4 heteroatoms. The summed E-state index contributed by atoms with van der Waals surface area (Å²) in [4.78, 5) is 23.3. The van der Waals surface area contributed by atoms with Gasteiger partial charge in [0.1, 0.15) is 0 Å². The van der Waals surface area contributed by atoms with E-state index < -0.39 is 0 Å². The zero-order valence-corrected chi connectivity index (χ0v) is 12.3. The first-order valence-corrected chi connectivity index (χ1v) is 6.97. The first-order chi connectivity index (χ1) is 10.1. The van der Waals surface area contributed by atoms with Crippen LogP contribution < -0.4 is 9.88 Å². The van der Waals surface area contributed by atoms with Crippen LogP contribution in [0, 0.1) is 0 Å². The average Bonchev–Trinajstić information content (AvgIpc) is 2.48. The van der Waals surface area contributed by atoms with Crippen LogP contribution in [-0.2, 0) is 17.8 Å². The van der Waals surface area contributed by atoms with E-state index >= 15 is 0 Å². The average molecular weight is 283 g/mol. The Hall–Kier alpha value is -2.49. The van der Waals surface area contributed by atoms with Crippen LogP contribution in [0.2, 0.25) is 0 Å². The van der Waals surface area contributed by atoms with Gasteiger partial charge in [0.15, 0.2) is 18.2 Å². The monoisotopic (exact) mass is 283 g/mol. The van der Waals surface area contributed by atoms with Crippen molar-refractivity contribution in [3.05, 3.63) is 59.9 Å². The van der Waals surface area contributed by atoms with E-state index in [0.717, 1.165) is 12.1 Å². The maximum Gasteiger partial charge on any atom is 0.290 e. The number of aryl methyl sites for hydroxylation is 1. The molecule has 0 saturated heterocycles. The van der Waals surface area contributed by atoms with E-state index in [1.807, 2.05) is 24.3 Å². The number of pyridine rings is 1. The molecule has 0 aliphatic carbocycles. The van der Waals surface area contributed by atoms with Gasteiger partial charge in [-0.05, 0) is 37.1 Å². The van der Waals surface area contributed by atoms with E-state index in [-0.39, 0.29) is 18.2 Å². The van der Waals surface area contributed by atoms with Gasteiger partial charge in [0, 0.05) is 11.8 Å². The molecule has 1 aromatic heterocycles. The molecule has 1 heterocycles. The van der Waals surface area contributed by atoms with E-state index in [1.54, 1.807) is 29.1 Å². The van der Waals surface area contributed by atoms with E-state index in [4.69, 9.17) is 0 Å². The Balaban J connectivity index is 2.00. The number of benzene rings is 1. The number of hydrogen-bond acceptors (Lipinski definition) is 2. The van der Waals surface area contributed by atoms with Crippen molar-refractivity contribution in [2.75, 3.05) is 5.32 Å². The fourth-order valence-corrected chi connectivity index (χ4v) is 2.02. The lowest BCUT2D eigenvalue weighted by atomic mass is 10.1. The van der Waals surface area contributed by atoms with E-state index in [9.17, 15) is 9.59 Å². The molecule has 4 nitrogen and oxygen atoms in total. The van der Waals surface area contributed by atoms with Crippen molar-refractivity contribution in [1.29, 1.82) is 0 Å². The predicted octanol–water partition coefficient (Wildman–Crippen LogP) is 2.38. The Kier molecular flexibility index (Phi) is 4.82. The Morgan fingerprint density at radius 2 is 1.86 bits per heavy atom. The van der Waals surface area contributed by atoms with Gasteiger partial charge in [-0.25, -0.2) is 0 Å². The van der Waals surface area contributed by atoms with Gasteiger partial charge in [-0.3, -0.25) is 9.59 Å². The Morgan fingerprint density at radius 3 is 2.48 bits per heavy atom. The summed E-state index contributed by atoms with van der Waals surface area (Å²) in [5.41, 5.74) is 2.61. The number of hydrogen-bond donors (Lipinski definition) is 1. The molecule has 2 rings (SSSR count). The van der Waals surface area contributed by atoms with E-state index in [1.165, 1.54) is 12.5 Å². The second-order valence-corrected chi connectivity index (χ2v) is 4.92. The van der Waals surface area contributed by atoms with Gasteiger partial charge in [-0.1, -0.05) is 19.1 Å². The normalized spacial score (nSPS) is 10.2. The van der Waals surface area contributed by atoms with Crippen LogP contribution >= 0.6 is 0 Å². The molecular weight excluding hydrogens is 264 g/mol. The van der Waals surface area contributed by atoms with E-state index in [2.05, 4.69) is 12.2 Å². The van der Waals surface area contributed by atoms with Crippen LogP contribution in [0.15, 0.2) is 48.8 Å². The molecule has 1 aromatic carbocycles. The third kappa shape index (κ3) is 4.24. The fraction of sp³-hybridized carbons (Fsp3) is 0.235. The number of anilines is 1. The molecule has 2 aromatic rings. The zero-order valence-electron chi connectivity index (χ0n) is 12.3. The molecule has 0 aliphatic rings. The smallest absolute Gasteiger partial charge is 0.290 e. The number of nitrogens with zero attached hydrogens (tertiary/aromatic N) is 1. The zero-order chi connectivity index (χ0) is 15.2. The van der Waals surface area contributed by atoms with Crippen molar-refractivity contribution in [2.45, 2.75) is 26.8 Å². The lowest BCUT2D eigenvalue weighted by Crippen LogP contribution is -2.40. The number of nitrogens with one attached hydrogen (secondary N) is 1. The molecule has 0 saturated carbocycles. The fourth-order valence-electron chi connectivity index (χ4n) is 2.02. The second kappa shape index (κ2) is 6.79. The summed E-state index contributed by atoms with van der Waals surface area (Å²) in [6, 6.07) is 11.3. The third-order valence-electron chi connectivity index (χ3n) is 3.24. The Morgan fingerprint density at radius 1 is 1.14 bits per heavy atom. The first kappa shape index (κ1) is 14.9. The van der Waals surface area contributed by atoms with Gasteiger partial charge in [-0.2, -0.15) is 4.57 Å². The predicted molar refractivity (Wildman–Crippen MR) is 81.1 cm³/mol. The maximum atomic E-state index is 12.0. The number of ketones is 1. The number of carbonyl (C=O) groups excluding carboxylic acids is 2. The Labute approximate surface area is 124 Å². The molecule has 0 bridgehead atoms. The van der Waals surface area contributed by atoms with Gasteiger partial charge >= 0.3 is 0 Å². The lowest BCUT2D eigenvalue weighted by molar-refractivity contribution is -0.684. The van der Waals surface area contributed by atoms with Crippen molar-refractivity contribution in [2.24, 2.45) is 0 Å². The van der Waals surface area contributed by atoms with Gasteiger partial charge < -0.3 is 5.32 Å². The van der Waals surface area contributed by atoms with Crippen molar-refractivity contribution in [3.8, 4) is 0 Å². The van der Waals surface area contributed by atoms with Crippen LogP contribution in [0.4, 0.5) is 5.69 Å². The third-order valence-corrected chi connectivity index (χ3v) is 3.24. The summed E-state index contributed by atoms with van der Waals surface area (Å²) in [6.45, 7) is 3.78. The summed E-state index contributed by atoms with van der Waals surface area (Å²) in [5.74, 6) is -0.134. The summed E-state index contributed by atoms with van der Waals surface area (Å²) >= 11 is 0.